The second-order valence-electron chi connectivity index (χ2n) is 8.43. The minimum atomic E-state index is -0.141. The summed E-state index contributed by atoms with van der Waals surface area (Å²) in [6.07, 6.45) is 7.08. The highest BCUT2D eigenvalue weighted by Crippen LogP contribution is 2.39. The van der Waals surface area contributed by atoms with Crippen molar-refractivity contribution in [3.63, 3.8) is 0 Å². The maximum Gasteiger partial charge on any atom is 0.128 e. The van der Waals surface area contributed by atoms with Crippen molar-refractivity contribution >= 4 is 5.69 Å². The van der Waals surface area contributed by atoms with Crippen LogP contribution in [0.3, 0.4) is 0 Å². The molecule has 3 saturated heterocycles. The average Bonchev–Trinajstić information content (AvgIpc) is 3.18. The summed E-state index contributed by atoms with van der Waals surface area (Å²) in [6.45, 7) is 2.98. The summed E-state index contributed by atoms with van der Waals surface area (Å²) in [6, 6.07) is 10.3. The third kappa shape index (κ3) is 4.00. The van der Waals surface area contributed by atoms with E-state index in [1.165, 1.54) is 5.56 Å². The molecule has 0 bridgehead atoms. The summed E-state index contributed by atoms with van der Waals surface area (Å²) >= 11 is 0. The summed E-state index contributed by atoms with van der Waals surface area (Å²) < 4.78 is 14.4. The minimum Gasteiger partial charge on any atom is -0.381 e. The van der Waals surface area contributed by atoms with Gasteiger partial charge in [-0.25, -0.2) is 9.82 Å². The van der Waals surface area contributed by atoms with E-state index in [1.54, 1.807) is 12.1 Å². The lowest BCUT2D eigenvalue weighted by molar-refractivity contribution is 0.264. The number of halogens is 1. The first-order valence-corrected chi connectivity index (χ1v) is 10.7. The molecule has 4 atom stereocenters. The van der Waals surface area contributed by atoms with Crippen LogP contribution in [-0.2, 0) is 0 Å². The molecule has 0 aliphatic carbocycles. The number of anilines is 1. The number of piperidine rings is 2. The maximum atomic E-state index is 14.4. The molecule has 6 nitrogen and oxygen atoms in total. The van der Waals surface area contributed by atoms with Gasteiger partial charge in [-0.2, -0.15) is 0 Å². The molecule has 0 amide bonds. The first-order valence-electron chi connectivity index (χ1n) is 10.7. The van der Waals surface area contributed by atoms with Crippen LogP contribution in [0.15, 0.2) is 42.7 Å². The van der Waals surface area contributed by atoms with Gasteiger partial charge < -0.3 is 16.0 Å². The van der Waals surface area contributed by atoms with Gasteiger partial charge in [-0.15, -0.1) is 0 Å². The number of nitrogens with zero attached hydrogens (tertiary/aromatic N) is 1. The Balaban J connectivity index is 1.31. The van der Waals surface area contributed by atoms with Crippen molar-refractivity contribution in [2.24, 2.45) is 5.92 Å². The topological polar surface area (TPSA) is 73.0 Å². The van der Waals surface area contributed by atoms with E-state index >= 15 is 0 Å². The van der Waals surface area contributed by atoms with E-state index in [2.05, 4.69) is 37.9 Å². The molecule has 2 aromatic rings. The van der Waals surface area contributed by atoms with Gasteiger partial charge in [0.15, 0.2) is 0 Å². The number of fused-ring (bicyclic) bond motifs is 1. The van der Waals surface area contributed by atoms with Crippen molar-refractivity contribution in [3.05, 3.63) is 59.7 Å². The molecule has 0 radical (unpaired) electrons. The quantitative estimate of drug-likeness (QED) is 0.546. The number of nitrogens with one attached hydrogen (secondary N) is 5. The third-order valence-corrected chi connectivity index (χ3v) is 6.57. The zero-order chi connectivity index (χ0) is 19.6. The fourth-order valence-corrected chi connectivity index (χ4v) is 4.99. The number of rotatable bonds is 4. The zero-order valence-electron chi connectivity index (χ0n) is 16.5. The van der Waals surface area contributed by atoms with E-state index in [0.717, 1.165) is 50.1 Å². The predicted octanol–water partition coefficient (Wildman–Crippen LogP) is 2.25. The van der Waals surface area contributed by atoms with Crippen LogP contribution in [-0.4, -0.2) is 36.7 Å². The number of benzene rings is 1. The van der Waals surface area contributed by atoms with Gasteiger partial charge in [0, 0.05) is 42.6 Å². The van der Waals surface area contributed by atoms with Crippen LogP contribution >= 0.6 is 0 Å². The Morgan fingerprint density at radius 2 is 1.93 bits per heavy atom. The second-order valence-corrected chi connectivity index (χ2v) is 8.43. The molecule has 1 aromatic carbocycles. The number of hydrogen-bond donors (Lipinski definition) is 5. The third-order valence-electron chi connectivity index (χ3n) is 6.57. The highest BCUT2D eigenvalue weighted by atomic mass is 19.1. The average molecular weight is 397 g/mol. The molecule has 0 saturated carbocycles. The van der Waals surface area contributed by atoms with Crippen molar-refractivity contribution in [1.29, 1.82) is 0 Å². The van der Waals surface area contributed by atoms with Gasteiger partial charge in [0.05, 0.1) is 11.7 Å². The van der Waals surface area contributed by atoms with Gasteiger partial charge in [0.25, 0.3) is 0 Å². The largest absolute Gasteiger partial charge is 0.381 e. The Kier molecular flexibility index (Phi) is 5.46. The van der Waals surface area contributed by atoms with Crippen molar-refractivity contribution in [2.45, 2.75) is 43.4 Å². The number of hydrazine groups is 1. The van der Waals surface area contributed by atoms with E-state index in [-0.39, 0.29) is 17.9 Å². The van der Waals surface area contributed by atoms with Crippen molar-refractivity contribution in [1.82, 2.24) is 26.5 Å². The molecule has 0 spiro atoms. The smallest absolute Gasteiger partial charge is 0.128 e. The fourth-order valence-electron chi connectivity index (χ4n) is 4.99. The highest BCUT2D eigenvalue weighted by Gasteiger charge is 2.42. The van der Waals surface area contributed by atoms with Crippen LogP contribution in [0.5, 0.6) is 0 Å². The first-order chi connectivity index (χ1) is 14.3. The molecule has 5 N–H and O–H groups in total. The highest BCUT2D eigenvalue weighted by molar-refractivity contribution is 5.45. The van der Waals surface area contributed by atoms with Crippen LogP contribution in [0, 0.1) is 11.7 Å². The van der Waals surface area contributed by atoms with Gasteiger partial charge in [-0.05, 0) is 56.0 Å². The van der Waals surface area contributed by atoms with Crippen LogP contribution < -0.4 is 26.8 Å². The lowest BCUT2D eigenvalue weighted by Gasteiger charge is -2.34. The Morgan fingerprint density at radius 1 is 1.07 bits per heavy atom. The molecule has 4 heterocycles. The van der Waals surface area contributed by atoms with Crippen LogP contribution in [0.2, 0.25) is 0 Å². The van der Waals surface area contributed by atoms with E-state index in [9.17, 15) is 4.39 Å². The second kappa shape index (κ2) is 8.36. The number of hydrogen-bond acceptors (Lipinski definition) is 6. The summed E-state index contributed by atoms with van der Waals surface area (Å²) in [4.78, 5) is 4.49. The van der Waals surface area contributed by atoms with Crippen LogP contribution in [0.25, 0.3) is 0 Å². The lowest BCUT2D eigenvalue weighted by Crippen LogP contribution is -2.46. The van der Waals surface area contributed by atoms with E-state index in [4.69, 9.17) is 0 Å². The van der Waals surface area contributed by atoms with Gasteiger partial charge in [0.2, 0.25) is 0 Å². The monoisotopic (exact) mass is 396 g/mol. The Labute approximate surface area is 171 Å². The molecule has 29 heavy (non-hydrogen) atoms. The molecular weight excluding hydrogens is 367 g/mol. The van der Waals surface area contributed by atoms with E-state index in [0.29, 0.717) is 18.0 Å². The SMILES string of the molecule is Fc1ccccc1C1NNC2CNC(c3cncc(NC4CCNCC4)c3)CC21. The van der Waals surface area contributed by atoms with Crippen molar-refractivity contribution in [3.8, 4) is 0 Å². The Hall–Kier alpha value is -2.06. The van der Waals surface area contributed by atoms with Gasteiger partial charge >= 0.3 is 0 Å². The Morgan fingerprint density at radius 3 is 2.79 bits per heavy atom. The Bertz CT molecular complexity index is 840. The maximum absolute atomic E-state index is 14.4. The molecular formula is C22H29FN6. The summed E-state index contributed by atoms with van der Waals surface area (Å²) in [5.41, 5.74) is 9.72. The first kappa shape index (κ1) is 18.9. The molecule has 5 rings (SSSR count). The van der Waals surface area contributed by atoms with Gasteiger partial charge in [0.1, 0.15) is 5.82 Å². The number of aromatic nitrogens is 1. The van der Waals surface area contributed by atoms with Gasteiger partial charge in [-0.3, -0.25) is 10.4 Å². The zero-order valence-corrected chi connectivity index (χ0v) is 16.5. The van der Waals surface area contributed by atoms with Crippen molar-refractivity contribution < 1.29 is 4.39 Å². The summed E-state index contributed by atoms with van der Waals surface area (Å²) in [5, 5.41) is 10.7. The minimum absolute atomic E-state index is 0.0187. The summed E-state index contributed by atoms with van der Waals surface area (Å²) in [7, 11) is 0. The molecule has 1 aromatic heterocycles. The van der Waals surface area contributed by atoms with Crippen molar-refractivity contribution in [2.75, 3.05) is 25.0 Å². The van der Waals surface area contributed by atoms with Crippen LogP contribution in [0.4, 0.5) is 10.1 Å². The molecule has 3 fully saturated rings. The van der Waals surface area contributed by atoms with E-state index in [1.807, 2.05) is 24.5 Å². The lowest BCUT2D eigenvalue weighted by atomic mass is 9.80. The normalized spacial score (nSPS) is 30.1. The van der Waals surface area contributed by atoms with Gasteiger partial charge in [-0.1, -0.05) is 18.2 Å². The molecule has 4 unspecified atom stereocenters. The predicted molar refractivity (Wildman–Crippen MR) is 112 cm³/mol. The molecule has 3 aliphatic heterocycles. The fraction of sp³-hybridized carbons (Fsp3) is 0.500. The van der Waals surface area contributed by atoms with E-state index < -0.39 is 0 Å². The van der Waals surface area contributed by atoms with Crippen LogP contribution in [0.1, 0.15) is 42.5 Å². The summed E-state index contributed by atoms with van der Waals surface area (Å²) in [5.74, 6) is 0.177. The molecule has 7 heteroatoms. The molecule has 3 aliphatic rings. The standard InChI is InChI=1S/C22H29FN6/c23-19-4-2-1-3-17(19)22-18-10-20(26-13-21(18)28-29-22)14-9-16(12-25-11-14)27-15-5-7-24-8-6-15/h1-4,9,11-12,15,18,20-22,24,26-29H,5-8,10,13H2. The number of pyridine rings is 1. The molecule has 154 valence electrons.